The molecule has 3 rings (SSSR count). The summed E-state index contributed by atoms with van der Waals surface area (Å²) in [5.41, 5.74) is 12.3. The molecule has 1 aliphatic carbocycles. The van der Waals surface area contributed by atoms with Crippen LogP contribution in [0.5, 0.6) is 0 Å². The maximum absolute atomic E-state index is 5.89. The van der Waals surface area contributed by atoms with Crippen LogP contribution in [0, 0.1) is 0 Å². The maximum Gasteiger partial charge on any atom is 0.0519 e. The van der Waals surface area contributed by atoms with Crippen LogP contribution < -0.4 is 11.1 Å². The van der Waals surface area contributed by atoms with Gasteiger partial charge in [-0.15, -0.1) is 0 Å². The summed E-state index contributed by atoms with van der Waals surface area (Å²) in [6.07, 6.45) is 2.24. The summed E-state index contributed by atoms with van der Waals surface area (Å²) in [5, 5.41) is 3.75. The van der Waals surface area contributed by atoms with Crippen molar-refractivity contribution in [2.75, 3.05) is 11.1 Å². The molecule has 2 aromatic rings. The van der Waals surface area contributed by atoms with E-state index in [1.165, 1.54) is 22.4 Å². The van der Waals surface area contributed by atoms with Crippen LogP contribution in [-0.4, -0.2) is 0 Å². The third-order valence-electron chi connectivity index (χ3n) is 4.31. The number of benzene rings is 2. The Labute approximate surface area is 127 Å². The minimum atomic E-state index is 0.145. The second-order valence-electron chi connectivity index (χ2n) is 6.99. The summed E-state index contributed by atoms with van der Waals surface area (Å²) >= 11 is 0. The maximum atomic E-state index is 5.89. The van der Waals surface area contributed by atoms with Gasteiger partial charge in [-0.2, -0.15) is 0 Å². The van der Waals surface area contributed by atoms with Crippen molar-refractivity contribution >= 4 is 11.4 Å². The molecule has 0 fully saturated rings. The van der Waals surface area contributed by atoms with E-state index in [9.17, 15) is 0 Å². The monoisotopic (exact) mass is 280 g/mol. The number of nitrogens with one attached hydrogen (secondary N) is 1. The molecule has 21 heavy (non-hydrogen) atoms. The summed E-state index contributed by atoms with van der Waals surface area (Å²) in [7, 11) is 0. The topological polar surface area (TPSA) is 38.0 Å². The second kappa shape index (κ2) is 5.10. The fraction of sp³-hybridized carbons (Fsp3) is 0.368. The molecule has 0 bridgehead atoms. The fourth-order valence-corrected chi connectivity index (χ4v) is 3.24. The van der Waals surface area contributed by atoms with Crippen molar-refractivity contribution < 1.29 is 0 Å². The highest BCUT2D eigenvalue weighted by atomic mass is 14.9. The molecule has 0 saturated carbocycles. The standard InChI is InChI=1S/C19H24N2/c1-19(2,3)16-6-4-5-7-18(16)21-17-11-8-13-12-14(20)9-10-15(13)17/h4-7,9-10,12,17,21H,8,11,20H2,1-3H3. The summed E-state index contributed by atoms with van der Waals surface area (Å²) in [4.78, 5) is 0. The van der Waals surface area contributed by atoms with Gasteiger partial charge in [-0.1, -0.05) is 45.0 Å². The van der Waals surface area contributed by atoms with Crippen LogP contribution in [0.4, 0.5) is 11.4 Å². The van der Waals surface area contributed by atoms with Crippen LogP contribution in [0.2, 0.25) is 0 Å². The second-order valence-corrected chi connectivity index (χ2v) is 6.99. The lowest BCUT2D eigenvalue weighted by Gasteiger charge is -2.26. The van der Waals surface area contributed by atoms with Gasteiger partial charge in [-0.05, 0) is 53.1 Å². The van der Waals surface area contributed by atoms with Gasteiger partial charge in [-0.3, -0.25) is 0 Å². The van der Waals surface area contributed by atoms with Gasteiger partial charge in [0.25, 0.3) is 0 Å². The van der Waals surface area contributed by atoms with Gasteiger partial charge < -0.3 is 11.1 Å². The molecule has 2 aromatic carbocycles. The molecule has 0 radical (unpaired) electrons. The summed E-state index contributed by atoms with van der Waals surface area (Å²) < 4.78 is 0. The third kappa shape index (κ3) is 2.76. The largest absolute Gasteiger partial charge is 0.399 e. The fourth-order valence-electron chi connectivity index (χ4n) is 3.24. The number of nitrogens with two attached hydrogens (primary N) is 1. The van der Waals surface area contributed by atoms with Gasteiger partial charge in [0.15, 0.2) is 0 Å². The number of rotatable bonds is 2. The van der Waals surface area contributed by atoms with Gasteiger partial charge in [0.2, 0.25) is 0 Å². The van der Waals surface area contributed by atoms with E-state index < -0.39 is 0 Å². The van der Waals surface area contributed by atoms with Gasteiger partial charge in [0.05, 0.1) is 6.04 Å². The smallest absolute Gasteiger partial charge is 0.0519 e. The van der Waals surface area contributed by atoms with Gasteiger partial charge >= 0.3 is 0 Å². The van der Waals surface area contributed by atoms with Crippen LogP contribution in [0.3, 0.4) is 0 Å². The van der Waals surface area contributed by atoms with Crippen LogP contribution in [0.1, 0.15) is 49.9 Å². The van der Waals surface area contributed by atoms with Crippen LogP contribution in [0.25, 0.3) is 0 Å². The molecule has 0 amide bonds. The van der Waals surface area contributed by atoms with Crippen molar-refractivity contribution in [1.29, 1.82) is 0 Å². The lowest BCUT2D eigenvalue weighted by atomic mass is 9.85. The Morgan fingerprint density at radius 1 is 1.10 bits per heavy atom. The van der Waals surface area contributed by atoms with Gasteiger partial charge in [0, 0.05) is 11.4 Å². The van der Waals surface area contributed by atoms with Crippen LogP contribution in [0.15, 0.2) is 42.5 Å². The van der Waals surface area contributed by atoms with E-state index in [4.69, 9.17) is 5.73 Å². The van der Waals surface area contributed by atoms with E-state index in [0.717, 1.165) is 18.5 Å². The summed E-state index contributed by atoms with van der Waals surface area (Å²) in [6, 6.07) is 15.3. The Balaban J connectivity index is 1.90. The highest BCUT2D eigenvalue weighted by Crippen LogP contribution is 2.37. The van der Waals surface area contributed by atoms with Crippen molar-refractivity contribution in [1.82, 2.24) is 0 Å². The van der Waals surface area contributed by atoms with Gasteiger partial charge in [-0.25, -0.2) is 0 Å². The number of nitrogen functional groups attached to an aromatic ring is 1. The van der Waals surface area contributed by atoms with Crippen molar-refractivity contribution in [2.45, 2.75) is 45.1 Å². The minimum Gasteiger partial charge on any atom is -0.399 e. The minimum absolute atomic E-state index is 0.145. The molecule has 2 heteroatoms. The number of hydrogen-bond donors (Lipinski definition) is 2. The zero-order chi connectivity index (χ0) is 15.0. The van der Waals surface area contributed by atoms with Crippen molar-refractivity contribution in [3.63, 3.8) is 0 Å². The summed E-state index contributed by atoms with van der Waals surface area (Å²) in [5.74, 6) is 0. The van der Waals surface area contributed by atoms with Gasteiger partial charge in [0.1, 0.15) is 0 Å². The average Bonchev–Trinajstić information content (AvgIpc) is 2.80. The highest BCUT2D eigenvalue weighted by Gasteiger charge is 2.24. The zero-order valence-corrected chi connectivity index (χ0v) is 13.1. The number of para-hydroxylation sites is 1. The van der Waals surface area contributed by atoms with Crippen molar-refractivity contribution in [2.24, 2.45) is 0 Å². The summed E-state index contributed by atoms with van der Waals surface area (Å²) in [6.45, 7) is 6.78. The lowest BCUT2D eigenvalue weighted by Crippen LogP contribution is -2.16. The molecule has 0 aliphatic heterocycles. The first kappa shape index (κ1) is 14.0. The Kier molecular flexibility index (Phi) is 3.40. The molecule has 1 aliphatic rings. The zero-order valence-electron chi connectivity index (χ0n) is 13.1. The van der Waals surface area contributed by atoms with E-state index in [2.05, 4.69) is 62.5 Å². The van der Waals surface area contributed by atoms with E-state index in [1.54, 1.807) is 0 Å². The Bertz CT molecular complexity index is 653. The Morgan fingerprint density at radius 2 is 1.86 bits per heavy atom. The molecule has 0 spiro atoms. The SMILES string of the molecule is CC(C)(C)c1ccccc1NC1CCc2cc(N)ccc21. The number of hydrogen-bond acceptors (Lipinski definition) is 2. The molecule has 0 aromatic heterocycles. The molecule has 110 valence electrons. The van der Waals surface area contributed by atoms with Crippen LogP contribution >= 0.6 is 0 Å². The normalized spacial score (nSPS) is 17.6. The molecule has 3 N–H and O–H groups in total. The molecule has 0 saturated heterocycles. The number of fused-ring (bicyclic) bond motifs is 1. The highest BCUT2D eigenvalue weighted by molar-refractivity contribution is 5.57. The number of aryl methyl sites for hydroxylation is 1. The molecule has 1 atom stereocenters. The predicted molar refractivity (Wildman–Crippen MR) is 90.7 cm³/mol. The molecule has 1 unspecified atom stereocenters. The third-order valence-corrected chi connectivity index (χ3v) is 4.31. The van der Waals surface area contributed by atoms with Crippen LogP contribution in [-0.2, 0) is 11.8 Å². The molecule has 2 nitrogen and oxygen atoms in total. The lowest BCUT2D eigenvalue weighted by molar-refractivity contribution is 0.590. The average molecular weight is 280 g/mol. The number of anilines is 2. The first-order chi connectivity index (χ1) is 9.95. The molecular weight excluding hydrogens is 256 g/mol. The Hall–Kier alpha value is -1.96. The van der Waals surface area contributed by atoms with Crippen molar-refractivity contribution in [3.8, 4) is 0 Å². The van der Waals surface area contributed by atoms with E-state index in [-0.39, 0.29) is 5.41 Å². The Morgan fingerprint density at radius 3 is 2.62 bits per heavy atom. The van der Waals surface area contributed by atoms with E-state index in [0.29, 0.717) is 6.04 Å². The first-order valence-electron chi connectivity index (χ1n) is 7.69. The quantitative estimate of drug-likeness (QED) is 0.785. The van der Waals surface area contributed by atoms with E-state index in [1.807, 2.05) is 6.07 Å². The molecule has 0 heterocycles. The van der Waals surface area contributed by atoms with Crippen molar-refractivity contribution in [3.05, 3.63) is 59.2 Å². The molecular formula is C19H24N2. The first-order valence-corrected chi connectivity index (χ1v) is 7.69. The predicted octanol–water partition coefficient (Wildman–Crippen LogP) is 4.67. The van der Waals surface area contributed by atoms with E-state index >= 15 is 0 Å².